The van der Waals surface area contributed by atoms with E-state index in [1.54, 1.807) is 32.9 Å². The Labute approximate surface area is 365 Å². The Hall–Kier alpha value is -6.26. The van der Waals surface area contributed by atoms with Crippen LogP contribution < -0.4 is 11.1 Å². The largest absolute Gasteiger partial charge is 0.384 e. The molecule has 4 N–H and O–H groups in total. The molecule has 8 heteroatoms. The van der Waals surface area contributed by atoms with Gasteiger partial charge in [-0.1, -0.05) is 127 Å². The van der Waals surface area contributed by atoms with Crippen LogP contribution in [0.2, 0.25) is 0 Å². The van der Waals surface area contributed by atoms with Gasteiger partial charge in [-0.25, -0.2) is 0 Å². The molecule has 3 aliphatic rings. The van der Waals surface area contributed by atoms with Crippen molar-refractivity contribution in [3.05, 3.63) is 188 Å². The average molecular weight is 906 g/mol. The third kappa shape index (κ3) is 11.1. The van der Waals surface area contributed by atoms with Gasteiger partial charge in [0.15, 0.2) is 17.3 Å². The molecule has 1 amide bonds. The number of amides is 1. The Morgan fingerprint density at radius 1 is 0.650 bits per heavy atom. The SMILES string of the molecule is CC(=O)C1=CC(I)=CC1.CC(=O)C1=CC(c2cccc3ccccc23)=CC1.C[C@H](NC(=O)C1=CC(c2cccc3ccccc23)=CC1)C(=O)CCc1ccc(C(=N)N)cc1. The Balaban J connectivity index is 0.000000184. The van der Waals surface area contributed by atoms with Gasteiger partial charge in [0.2, 0.25) is 5.91 Å². The first-order valence-corrected chi connectivity index (χ1v) is 21.1. The van der Waals surface area contributed by atoms with E-state index in [-0.39, 0.29) is 29.1 Å². The lowest BCUT2D eigenvalue weighted by molar-refractivity contribution is -0.125. The number of carbonyl (C=O) groups is 4. The maximum Gasteiger partial charge on any atom is 0.248 e. The molecule has 5 aromatic carbocycles. The molecule has 0 radical (unpaired) electrons. The van der Waals surface area contributed by atoms with Crippen LogP contribution in [0.25, 0.3) is 32.7 Å². The summed E-state index contributed by atoms with van der Waals surface area (Å²) >= 11 is 2.21. The van der Waals surface area contributed by atoms with E-state index in [1.165, 1.54) is 19.9 Å². The van der Waals surface area contributed by atoms with Gasteiger partial charge in [-0.2, -0.15) is 0 Å². The van der Waals surface area contributed by atoms with Crippen molar-refractivity contribution in [2.24, 2.45) is 5.73 Å². The monoisotopic (exact) mass is 905 g/mol. The molecule has 0 spiro atoms. The van der Waals surface area contributed by atoms with Gasteiger partial charge in [0, 0.05) is 21.1 Å². The number of carbonyl (C=O) groups excluding carboxylic acids is 4. The zero-order valence-electron chi connectivity index (χ0n) is 34.1. The molecule has 5 aromatic rings. The molecular formula is C52H48IN3O4. The van der Waals surface area contributed by atoms with Crippen LogP contribution >= 0.6 is 22.6 Å². The van der Waals surface area contributed by atoms with Crippen LogP contribution in [0.4, 0.5) is 0 Å². The van der Waals surface area contributed by atoms with Gasteiger partial charge in [0.1, 0.15) is 5.84 Å². The molecule has 0 aliphatic heterocycles. The molecule has 0 fully saturated rings. The molecule has 302 valence electrons. The van der Waals surface area contributed by atoms with Crippen LogP contribution in [0.1, 0.15) is 68.7 Å². The lowest BCUT2D eigenvalue weighted by Crippen LogP contribution is -2.39. The maximum absolute atomic E-state index is 12.8. The number of ketones is 3. The standard InChI is InChI=1S/C28H27N3O2.C17H14O.C7H7IO/c1-18(26(32)16-11-19-9-12-21(13-10-19)27(29)30)31-28(33)23-15-14-22(17-23)25-8-4-6-20-5-2-3-7-24(20)25;1-12(18)14-9-10-15(11-14)17-8-4-6-13-5-2-3-7-16(13)17;1-5(9)6-2-3-7(8)4-6/h2-10,12-14,17-18H,11,15-16H2,1H3,(H3,29,30)(H,31,33);2-8,10-11H,9H2,1H3;3-4H,2H2,1H3/t18-;;/m0../s1. The Kier molecular flexibility index (Phi) is 14.5. The summed E-state index contributed by atoms with van der Waals surface area (Å²) in [4.78, 5) is 47.4. The van der Waals surface area contributed by atoms with Crippen LogP contribution in [-0.4, -0.2) is 35.1 Å². The van der Waals surface area contributed by atoms with Crippen molar-refractivity contribution < 1.29 is 19.2 Å². The van der Waals surface area contributed by atoms with Crippen molar-refractivity contribution in [2.45, 2.75) is 58.9 Å². The molecule has 1 atom stereocenters. The van der Waals surface area contributed by atoms with Crippen molar-refractivity contribution in [3.8, 4) is 0 Å². The van der Waals surface area contributed by atoms with Gasteiger partial charge in [0.05, 0.1) is 6.04 Å². The minimum atomic E-state index is -0.559. The molecule has 7 nitrogen and oxygen atoms in total. The summed E-state index contributed by atoms with van der Waals surface area (Å²) < 4.78 is 1.18. The topological polar surface area (TPSA) is 130 Å². The van der Waals surface area contributed by atoms with E-state index in [1.807, 2.05) is 54.6 Å². The minimum absolute atomic E-state index is 0.0140. The van der Waals surface area contributed by atoms with E-state index in [0.717, 1.165) is 57.0 Å². The van der Waals surface area contributed by atoms with Crippen LogP contribution in [0.15, 0.2) is 166 Å². The normalized spacial score (nSPS) is 14.5. The lowest BCUT2D eigenvalue weighted by atomic mass is 9.99. The van der Waals surface area contributed by atoms with E-state index < -0.39 is 6.04 Å². The summed E-state index contributed by atoms with van der Waals surface area (Å²) in [5.74, 6) is 0.167. The number of aryl methyl sites for hydroxylation is 1. The number of hydrogen-bond acceptors (Lipinski definition) is 5. The quantitative estimate of drug-likeness (QED) is 0.0690. The molecule has 0 heterocycles. The van der Waals surface area contributed by atoms with Crippen molar-refractivity contribution in [3.63, 3.8) is 0 Å². The summed E-state index contributed by atoms with van der Waals surface area (Å²) in [5.41, 5.74) is 14.1. The second-order valence-electron chi connectivity index (χ2n) is 15.0. The molecule has 0 bridgehead atoms. The highest BCUT2D eigenvalue weighted by Gasteiger charge is 2.21. The van der Waals surface area contributed by atoms with Gasteiger partial charge in [-0.05, 0) is 148 Å². The molecule has 0 saturated carbocycles. The minimum Gasteiger partial charge on any atom is -0.384 e. The Morgan fingerprint density at radius 2 is 1.13 bits per heavy atom. The van der Waals surface area contributed by atoms with E-state index in [9.17, 15) is 19.2 Å². The van der Waals surface area contributed by atoms with Gasteiger partial charge in [-0.15, -0.1) is 0 Å². The Bertz CT molecular complexity index is 2680. The molecular weight excluding hydrogens is 857 g/mol. The summed E-state index contributed by atoms with van der Waals surface area (Å²) in [6.07, 6.45) is 15.2. The molecule has 0 unspecified atom stereocenters. The summed E-state index contributed by atoms with van der Waals surface area (Å²) in [6.45, 7) is 4.97. The first-order valence-electron chi connectivity index (χ1n) is 20.0. The number of nitrogen functional groups attached to an aromatic ring is 1. The first kappa shape index (κ1) is 43.3. The third-order valence-electron chi connectivity index (χ3n) is 10.7. The molecule has 8 rings (SSSR count). The van der Waals surface area contributed by atoms with Crippen LogP contribution in [-0.2, 0) is 25.6 Å². The van der Waals surface area contributed by atoms with Gasteiger partial charge >= 0.3 is 0 Å². The van der Waals surface area contributed by atoms with Crippen LogP contribution in [0, 0.1) is 5.41 Å². The second kappa shape index (κ2) is 20.1. The molecule has 0 aromatic heterocycles. The number of rotatable bonds is 11. The number of nitrogens with one attached hydrogen (secondary N) is 2. The number of fused-ring (bicyclic) bond motifs is 2. The van der Waals surface area contributed by atoms with Crippen molar-refractivity contribution in [2.75, 3.05) is 0 Å². The Morgan fingerprint density at radius 3 is 1.62 bits per heavy atom. The highest BCUT2D eigenvalue weighted by molar-refractivity contribution is 14.1. The zero-order chi connectivity index (χ0) is 42.8. The van der Waals surface area contributed by atoms with Gasteiger partial charge in [-0.3, -0.25) is 24.6 Å². The molecule has 3 aliphatic carbocycles. The molecule has 0 saturated heterocycles. The van der Waals surface area contributed by atoms with E-state index >= 15 is 0 Å². The number of nitrogens with two attached hydrogens (primary N) is 1. The van der Waals surface area contributed by atoms with Crippen molar-refractivity contribution in [1.29, 1.82) is 5.41 Å². The smallest absolute Gasteiger partial charge is 0.248 e. The predicted molar refractivity (Wildman–Crippen MR) is 254 cm³/mol. The predicted octanol–water partition coefficient (Wildman–Crippen LogP) is 10.9. The average Bonchev–Trinajstić information content (AvgIpc) is 4.05. The van der Waals surface area contributed by atoms with Crippen molar-refractivity contribution in [1.82, 2.24) is 5.32 Å². The number of benzene rings is 5. The fourth-order valence-electron chi connectivity index (χ4n) is 7.23. The summed E-state index contributed by atoms with van der Waals surface area (Å²) in [6, 6.07) is 35.8. The van der Waals surface area contributed by atoms with Gasteiger partial charge in [0.25, 0.3) is 0 Å². The zero-order valence-corrected chi connectivity index (χ0v) is 36.2. The third-order valence-corrected chi connectivity index (χ3v) is 11.5. The number of halogens is 1. The van der Waals surface area contributed by atoms with Gasteiger partial charge < -0.3 is 11.1 Å². The first-order chi connectivity index (χ1) is 28.9. The molecule has 60 heavy (non-hydrogen) atoms. The van der Waals surface area contributed by atoms with Crippen LogP contribution in [0.5, 0.6) is 0 Å². The van der Waals surface area contributed by atoms with E-state index in [0.29, 0.717) is 30.4 Å². The fraction of sp³-hybridized carbons (Fsp3) is 0.173. The maximum atomic E-state index is 12.8. The number of hydrogen-bond donors (Lipinski definition) is 3. The summed E-state index contributed by atoms with van der Waals surface area (Å²) in [7, 11) is 0. The highest BCUT2D eigenvalue weighted by atomic mass is 127. The fourth-order valence-corrected chi connectivity index (χ4v) is 7.82. The van der Waals surface area contributed by atoms with E-state index in [2.05, 4.69) is 107 Å². The van der Waals surface area contributed by atoms with E-state index in [4.69, 9.17) is 11.1 Å². The highest BCUT2D eigenvalue weighted by Crippen LogP contribution is 2.33. The lowest BCUT2D eigenvalue weighted by Gasteiger charge is -2.13. The number of amidine groups is 1. The summed E-state index contributed by atoms with van der Waals surface area (Å²) in [5, 5.41) is 15.1. The number of Topliss-reactive ketones (excluding diaryl/α,β-unsaturated/α-hetero) is 3. The second-order valence-corrected chi connectivity index (χ2v) is 16.2. The number of allylic oxidation sites excluding steroid dienone is 11. The van der Waals surface area contributed by atoms with Crippen LogP contribution in [0.3, 0.4) is 0 Å². The van der Waals surface area contributed by atoms with Crippen molar-refractivity contribution >= 4 is 84.4 Å².